The van der Waals surface area contributed by atoms with Gasteiger partial charge in [0.05, 0.1) is 45.4 Å². The van der Waals surface area contributed by atoms with Crippen LogP contribution in [-0.4, -0.2) is 4.57 Å². The molecule has 0 aliphatic heterocycles. The van der Waals surface area contributed by atoms with Crippen molar-refractivity contribution in [3.05, 3.63) is 206 Å². The number of rotatable bonds is 6. The zero-order valence-corrected chi connectivity index (χ0v) is 28.6. The van der Waals surface area contributed by atoms with E-state index in [4.69, 9.17) is 16.8 Å². The highest BCUT2D eigenvalue weighted by Crippen LogP contribution is 2.45. The van der Waals surface area contributed by atoms with Crippen molar-refractivity contribution in [3.63, 3.8) is 0 Å². The zero-order chi connectivity index (χ0) is 51.1. The molecule has 258 valence electrons. The van der Waals surface area contributed by atoms with Crippen LogP contribution in [0.3, 0.4) is 0 Å². The van der Waals surface area contributed by atoms with Crippen LogP contribution in [0.4, 0.5) is 17.1 Å². The Kier molecular flexibility index (Phi) is 4.28. The fourth-order valence-electron chi connectivity index (χ4n) is 7.21. The first kappa shape index (κ1) is 18.6. The van der Waals surface area contributed by atoms with E-state index in [2.05, 4.69) is 0 Å². The number of para-hydroxylation sites is 2. The second kappa shape index (κ2) is 12.6. The normalized spacial score (nSPS) is 16.0. The molecule has 9 aromatic carbocycles. The monoisotopic (exact) mass is 719 g/mol. The first-order valence-corrected chi connectivity index (χ1v) is 17.4. The molecule has 0 saturated heterocycles. The molecule has 0 aliphatic rings. The fourth-order valence-corrected chi connectivity index (χ4v) is 7.21. The second-order valence-electron chi connectivity index (χ2n) is 12.8. The molecule has 11 aromatic rings. The van der Waals surface area contributed by atoms with Crippen molar-refractivity contribution in [3.8, 4) is 27.9 Å². The predicted octanol–water partition coefficient (Wildman–Crippen LogP) is 14.6. The number of furan rings is 1. The van der Waals surface area contributed by atoms with Gasteiger partial charge < -0.3 is 13.9 Å². The van der Waals surface area contributed by atoms with E-state index in [-0.39, 0.29) is 27.6 Å². The molecule has 0 saturated carbocycles. The average Bonchev–Trinajstić information content (AvgIpc) is 3.94. The molecule has 0 fully saturated rings. The zero-order valence-electron chi connectivity index (χ0n) is 45.6. The number of hydrogen-bond donors (Lipinski definition) is 0. The summed E-state index contributed by atoms with van der Waals surface area (Å²) in [7, 11) is 0. The van der Waals surface area contributed by atoms with E-state index in [0.717, 1.165) is 26.7 Å². The van der Waals surface area contributed by atoms with Gasteiger partial charge in [-0.05, 0) is 94.2 Å². The van der Waals surface area contributed by atoms with Crippen molar-refractivity contribution in [1.82, 2.24) is 4.57 Å². The van der Waals surface area contributed by atoms with Gasteiger partial charge in [-0.1, -0.05) is 139 Å². The molecule has 0 bridgehead atoms. The lowest BCUT2D eigenvalue weighted by Gasteiger charge is -2.27. The summed E-state index contributed by atoms with van der Waals surface area (Å²) in [5, 5.41) is 0.391. The van der Waals surface area contributed by atoms with Crippen LogP contribution in [0.5, 0.6) is 0 Å². The van der Waals surface area contributed by atoms with Crippen molar-refractivity contribution >= 4 is 71.6 Å². The van der Waals surface area contributed by atoms with Gasteiger partial charge in [-0.15, -0.1) is 0 Å². The van der Waals surface area contributed by atoms with Gasteiger partial charge in [0.15, 0.2) is 0 Å². The van der Waals surface area contributed by atoms with Crippen molar-refractivity contribution < 1.29 is 27.7 Å². The molecule has 3 nitrogen and oxygen atoms in total. The molecule has 2 heterocycles. The molecule has 0 aliphatic carbocycles. The maximum atomic E-state index is 9.83. The summed E-state index contributed by atoms with van der Waals surface area (Å²) < 4.78 is 165. The molecule has 0 spiro atoms. The highest BCUT2D eigenvalue weighted by molar-refractivity contribution is 6.19. The van der Waals surface area contributed by atoms with E-state index in [0.29, 0.717) is 5.69 Å². The maximum Gasteiger partial charge on any atom is 0.143 e. The first-order chi connectivity index (χ1) is 34.4. The SMILES string of the molecule is [2H]c1c([2H])c(-c2ccccc2)c([2H])c(N(c2c([2H])c([2H])c(-c3cccc(-n4c5ccccc5c5ccccc54)c3)c([2H])c2[2H])c2c([2H])c([2H])c([2H])c3oc4c5c([2H])c([2H])c([2H])c([2H])c5c([2H])c([2H])c4c23)c1[2H]. The van der Waals surface area contributed by atoms with Crippen LogP contribution in [0, 0.1) is 0 Å². The highest BCUT2D eigenvalue weighted by Gasteiger charge is 2.21. The third-order valence-electron chi connectivity index (χ3n) is 9.66. The Morgan fingerprint density at radius 2 is 1.20 bits per heavy atom. The van der Waals surface area contributed by atoms with E-state index in [9.17, 15) is 11.0 Å². The molecular weight excluding hydrogens is 669 g/mol. The molecule has 0 radical (unpaired) electrons. The van der Waals surface area contributed by atoms with Gasteiger partial charge in [-0.2, -0.15) is 0 Å². The smallest absolute Gasteiger partial charge is 0.143 e. The van der Waals surface area contributed by atoms with Crippen molar-refractivity contribution in [1.29, 1.82) is 0 Å². The summed E-state index contributed by atoms with van der Waals surface area (Å²) >= 11 is 0. The maximum absolute atomic E-state index is 9.83. The van der Waals surface area contributed by atoms with Gasteiger partial charge in [0.25, 0.3) is 0 Å². The third kappa shape index (κ3) is 5.13. The Labute approximate surface area is 342 Å². The molecule has 0 atom stereocenters. The van der Waals surface area contributed by atoms with Crippen LogP contribution in [0.15, 0.2) is 210 Å². The Balaban J connectivity index is 1.28. The summed E-state index contributed by atoms with van der Waals surface area (Å²) in [5.41, 5.74) is -0.358. The van der Waals surface area contributed by atoms with Crippen molar-refractivity contribution in [2.75, 3.05) is 4.90 Å². The Morgan fingerprint density at radius 1 is 0.473 bits per heavy atom. The molecule has 3 heteroatoms. The minimum atomic E-state index is -0.863. The van der Waals surface area contributed by atoms with E-state index in [1.807, 2.05) is 59.2 Å². The van der Waals surface area contributed by atoms with Crippen LogP contribution >= 0.6 is 0 Å². The molecule has 0 amide bonds. The lowest BCUT2D eigenvalue weighted by Crippen LogP contribution is -2.10. The number of fused-ring (bicyclic) bond motifs is 8. The van der Waals surface area contributed by atoms with Crippen LogP contribution in [0.2, 0.25) is 0 Å². The predicted molar refractivity (Wildman–Crippen MR) is 231 cm³/mol. The van der Waals surface area contributed by atoms with Gasteiger partial charge in [-0.3, -0.25) is 0 Å². The summed E-state index contributed by atoms with van der Waals surface area (Å²) in [4.78, 5) is 0.832. The van der Waals surface area contributed by atoms with Gasteiger partial charge >= 0.3 is 0 Å². The minimum absolute atomic E-state index is 0.151. The van der Waals surface area contributed by atoms with E-state index < -0.39 is 147 Å². The molecule has 11 rings (SSSR count). The van der Waals surface area contributed by atoms with Crippen LogP contribution < -0.4 is 4.90 Å². The highest BCUT2D eigenvalue weighted by atomic mass is 16.3. The Morgan fingerprint density at radius 3 is 2.02 bits per heavy atom. The van der Waals surface area contributed by atoms with Gasteiger partial charge in [0.1, 0.15) is 11.2 Å². The lowest BCUT2D eigenvalue weighted by atomic mass is 10.0. The van der Waals surface area contributed by atoms with Gasteiger partial charge in [0.2, 0.25) is 0 Å². The minimum Gasteiger partial charge on any atom is -0.455 e. The van der Waals surface area contributed by atoms with Gasteiger partial charge in [-0.25, -0.2) is 0 Å². The Bertz CT molecular complexity index is 4120. The van der Waals surface area contributed by atoms with E-state index in [1.54, 1.807) is 48.5 Å². The van der Waals surface area contributed by atoms with Gasteiger partial charge in [0, 0.05) is 38.6 Å². The largest absolute Gasteiger partial charge is 0.455 e. The first-order valence-electron chi connectivity index (χ1n) is 25.9. The Hall–Kier alpha value is -7.36. The average molecular weight is 720 g/mol. The number of anilines is 3. The fraction of sp³-hybridized carbons (Fsp3) is 0. The molecule has 55 heavy (non-hydrogen) atoms. The van der Waals surface area contributed by atoms with Crippen LogP contribution in [0.25, 0.3) is 82.5 Å². The van der Waals surface area contributed by atoms with Crippen molar-refractivity contribution in [2.45, 2.75) is 0 Å². The lowest BCUT2D eigenvalue weighted by molar-refractivity contribution is 0.672. The second-order valence-corrected chi connectivity index (χ2v) is 12.8. The summed E-state index contributed by atoms with van der Waals surface area (Å²) in [6.45, 7) is 0. The number of aromatic nitrogens is 1. The van der Waals surface area contributed by atoms with E-state index in [1.165, 1.54) is 0 Å². The van der Waals surface area contributed by atoms with Crippen molar-refractivity contribution in [2.24, 2.45) is 0 Å². The summed E-state index contributed by atoms with van der Waals surface area (Å²) in [6.07, 6.45) is 0. The quantitative estimate of drug-likeness (QED) is 0.171. The molecule has 0 unspecified atom stereocenters. The van der Waals surface area contributed by atoms with Crippen LogP contribution in [-0.2, 0) is 0 Å². The van der Waals surface area contributed by atoms with Crippen LogP contribution in [0.1, 0.15) is 23.3 Å². The molecule has 0 N–H and O–H groups in total. The molecule has 2 aromatic heterocycles. The summed E-state index contributed by atoms with van der Waals surface area (Å²) in [6, 6.07) is 18.5. The van der Waals surface area contributed by atoms with E-state index >= 15 is 0 Å². The standard InChI is InChI=1S/C52H34N2O/c1-2-13-35(14-3-1)38-16-10-18-41(33-38)53(49-25-12-26-50-51(49)46-32-29-37-15-4-5-20-43(37)52(46)55-50)40-30-27-36(28-31-40)39-17-11-19-42(34-39)54-47-23-8-6-21-44(47)45-22-7-9-24-48(45)54/h1-34H/i4D,5D,10D,12D,15D,16D,18D,20D,25D,26D,27D,28D,29D,30D,31D,32D,33D. The summed E-state index contributed by atoms with van der Waals surface area (Å²) in [5.74, 6) is 0. The molecular formula is C52H34N2O. The number of benzene rings is 9. The topological polar surface area (TPSA) is 21.3 Å². The third-order valence-corrected chi connectivity index (χ3v) is 9.66. The number of hydrogen-bond acceptors (Lipinski definition) is 2. The number of nitrogens with zero attached hydrogens (tertiary/aromatic N) is 2.